The van der Waals surface area contributed by atoms with Crippen LogP contribution in [0.1, 0.15) is 26.3 Å². The van der Waals surface area contributed by atoms with E-state index >= 15 is 0 Å². The summed E-state index contributed by atoms with van der Waals surface area (Å²) in [5, 5.41) is 5.23. The number of benzene rings is 2. The maximum atomic E-state index is 12.5. The molecule has 0 heterocycles. The summed E-state index contributed by atoms with van der Waals surface area (Å²) in [5.41, 5.74) is 1.86. The van der Waals surface area contributed by atoms with Gasteiger partial charge in [-0.1, -0.05) is 12.1 Å². The van der Waals surface area contributed by atoms with E-state index in [4.69, 9.17) is 0 Å². The van der Waals surface area contributed by atoms with Gasteiger partial charge in [-0.3, -0.25) is 9.59 Å². The fourth-order valence-corrected chi connectivity index (χ4v) is 2.93. The molecule has 3 N–H and O–H groups in total. The number of nitrogens with one attached hydrogen (secondary N) is 3. The second-order valence-corrected chi connectivity index (χ2v) is 7.18. The van der Waals surface area contributed by atoms with Crippen LogP contribution in [0.5, 0.6) is 0 Å². The molecule has 25 heavy (non-hydrogen) atoms. The number of anilines is 1. The number of aryl methyl sites for hydroxylation is 1. The minimum absolute atomic E-state index is 0.00140. The van der Waals surface area contributed by atoms with E-state index in [1.165, 1.54) is 38.4 Å². The van der Waals surface area contributed by atoms with Crippen molar-refractivity contribution >= 4 is 27.5 Å². The monoisotopic (exact) mass is 361 g/mol. The molecular weight excluding hydrogens is 342 g/mol. The summed E-state index contributed by atoms with van der Waals surface area (Å²) in [6.45, 7) is 1.80. The maximum absolute atomic E-state index is 12.5. The lowest BCUT2D eigenvalue weighted by Gasteiger charge is -2.11. The van der Waals surface area contributed by atoms with E-state index in [1.54, 1.807) is 25.1 Å². The molecule has 0 spiro atoms. The van der Waals surface area contributed by atoms with Crippen LogP contribution in [0.25, 0.3) is 0 Å². The highest BCUT2D eigenvalue weighted by Gasteiger charge is 2.15. The van der Waals surface area contributed by atoms with Gasteiger partial charge in [0.25, 0.3) is 11.8 Å². The van der Waals surface area contributed by atoms with Crippen LogP contribution >= 0.6 is 0 Å². The van der Waals surface area contributed by atoms with Gasteiger partial charge in [-0.05, 0) is 49.9 Å². The highest BCUT2D eigenvalue weighted by molar-refractivity contribution is 7.89. The molecule has 0 fully saturated rings. The number of hydrogen-bond donors (Lipinski definition) is 3. The second kappa shape index (κ2) is 7.45. The summed E-state index contributed by atoms with van der Waals surface area (Å²) < 4.78 is 25.9. The Labute approximate surface area is 146 Å². The van der Waals surface area contributed by atoms with E-state index in [0.717, 1.165) is 5.56 Å². The van der Waals surface area contributed by atoms with Crippen molar-refractivity contribution in [2.45, 2.75) is 11.8 Å². The zero-order valence-electron chi connectivity index (χ0n) is 14.1. The predicted octanol–water partition coefficient (Wildman–Crippen LogP) is 1.52. The van der Waals surface area contributed by atoms with Crippen molar-refractivity contribution in [3.05, 3.63) is 59.2 Å². The Hall–Kier alpha value is -2.71. The molecule has 0 aromatic heterocycles. The van der Waals surface area contributed by atoms with Crippen molar-refractivity contribution < 1.29 is 18.0 Å². The number of carbonyl (C=O) groups excluding carboxylic acids is 2. The third-order valence-corrected chi connectivity index (χ3v) is 5.06. The first kappa shape index (κ1) is 18.6. The standard InChI is InChI=1S/C17H19N3O4S/c1-11-7-8-13(16(21)18-2)10-15(11)20-17(22)12-5-4-6-14(9-12)25(23,24)19-3/h4-10,19H,1-3H3,(H,18,21)(H,20,22). The summed E-state index contributed by atoms with van der Waals surface area (Å²) in [7, 11) is -0.816. The first-order valence-corrected chi connectivity index (χ1v) is 8.94. The van der Waals surface area contributed by atoms with Crippen molar-refractivity contribution in [1.82, 2.24) is 10.0 Å². The average Bonchev–Trinajstić information content (AvgIpc) is 2.62. The molecule has 2 rings (SSSR count). The Morgan fingerprint density at radius 1 is 0.920 bits per heavy atom. The van der Waals surface area contributed by atoms with Gasteiger partial charge in [-0.2, -0.15) is 0 Å². The molecule has 0 aliphatic heterocycles. The molecule has 2 aromatic rings. The van der Waals surface area contributed by atoms with E-state index < -0.39 is 15.9 Å². The molecule has 0 aliphatic rings. The molecule has 2 amide bonds. The van der Waals surface area contributed by atoms with Crippen molar-refractivity contribution in [3.8, 4) is 0 Å². The van der Waals surface area contributed by atoms with Gasteiger partial charge in [0.05, 0.1) is 4.90 Å². The van der Waals surface area contributed by atoms with Gasteiger partial charge in [-0.15, -0.1) is 0 Å². The van der Waals surface area contributed by atoms with E-state index in [2.05, 4.69) is 15.4 Å². The molecule has 132 valence electrons. The molecule has 2 aromatic carbocycles. The summed E-state index contributed by atoms with van der Waals surface area (Å²) in [6, 6.07) is 10.7. The zero-order chi connectivity index (χ0) is 18.6. The van der Waals surface area contributed by atoms with Gasteiger partial charge in [0.1, 0.15) is 0 Å². The number of sulfonamides is 1. The second-order valence-electron chi connectivity index (χ2n) is 5.30. The molecule has 0 atom stereocenters. The molecule has 0 bridgehead atoms. The third-order valence-electron chi connectivity index (χ3n) is 3.65. The van der Waals surface area contributed by atoms with Crippen molar-refractivity contribution in [1.29, 1.82) is 0 Å². The molecule has 0 saturated heterocycles. The van der Waals surface area contributed by atoms with Crippen LogP contribution in [-0.4, -0.2) is 34.3 Å². The van der Waals surface area contributed by atoms with Crippen LogP contribution < -0.4 is 15.4 Å². The smallest absolute Gasteiger partial charge is 0.255 e. The molecule has 0 radical (unpaired) electrons. The fourth-order valence-electron chi connectivity index (χ4n) is 2.16. The van der Waals surface area contributed by atoms with Gasteiger partial charge < -0.3 is 10.6 Å². The molecular formula is C17H19N3O4S. The van der Waals surface area contributed by atoms with Gasteiger partial charge >= 0.3 is 0 Å². The van der Waals surface area contributed by atoms with Crippen LogP contribution in [0.4, 0.5) is 5.69 Å². The van der Waals surface area contributed by atoms with Crippen LogP contribution in [0.15, 0.2) is 47.4 Å². The molecule has 0 aliphatic carbocycles. The molecule has 0 unspecified atom stereocenters. The Morgan fingerprint density at radius 2 is 1.60 bits per heavy atom. The molecule has 7 nitrogen and oxygen atoms in total. The fraction of sp³-hybridized carbons (Fsp3) is 0.176. The summed E-state index contributed by atoms with van der Waals surface area (Å²) >= 11 is 0. The van der Waals surface area contributed by atoms with Gasteiger partial charge in [0.2, 0.25) is 10.0 Å². The largest absolute Gasteiger partial charge is 0.355 e. The molecule has 0 saturated carbocycles. The highest BCUT2D eigenvalue weighted by atomic mass is 32.2. The first-order valence-electron chi connectivity index (χ1n) is 7.46. The number of amides is 2. The van der Waals surface area contributed by atoms with E-state index in [9.17, 15) is 18.0 Å². The Kier molecular flexibility index (Phi) is 5.55. The SMILES string of the molecule is CNC(=O)c1ccc(C)c(NC(=O)c2cccc(S(=O)(=O)NC)c2)c1. The lowest BCUT2D eigenvalue weighted by Crippen LogP contribution is -2.20. The lowest BCUT2D eigenvalue weighted by molar-refractivity contribution is 0.0961. The highest BCUT2D eigenvalue weighted by Crippen LogP contribution is 2.19. The van der Waals surface area contributed by atoms with Crippen LogP contribution in [0, 0.1) is 6.92 Å². The Morgan fingerprint density at radius 3 is 2.24 bits per heavy atom. The van der Waals surface area contributed by atoms with Gasteiger partial charge in [0, 0.05) is 23.9 Å². The third kappa shape index (κ3) is 4.23. The summed E-state index contributed by atoms with van der Waals surface area (Å²) in [5.74, 6) is -0.733. The van der Waals surface area contributed by atoms with Crippen LogP contribution in [0.2, 0.25) is 0 Å². The summed E-state index contributed by atoms with van der Waals surface area (Å²) in [6.07, 6.45) is 0. The normalized spacial score (nSPS) is 11.0. The van der Waals surface area contributed by atoms with Crippen molar-refractivity contribution in [3.63, 3.8) is 0 Å². The average molecular weight is 361 g/mol. The van der Waals surface area contributed by atoms with Gasteiger partial charge in [-0.25, -0.2) is 13.1 Å². The first-order chi connectivity index (χ1) is 11.8. The van der Waals surface area contributed by atoms with E-state index in [0.29, 0.717) is 11.3 Å². The lowest BCUT2D eigenvalue weighted by atomic mass is 10.1. The number of carbonyl (C=O) groups is 2. The molecule has 8 heteroatoms. The van der Waals surface area contributed by atoms with Crippen LogP contribution in [-0.2, 0) is 10.0 Å². The minimum Gasteiger partial charge on any atom is -0.355 e. The van der Waals surface area contributed by atoms with Crippen LogP contribution in [0.3, 0.4) is 0 Å². The maximum Gasteiger partial charge on any atom is 0.255 e. The predicted molar refractivity (Wildman–Crippen MR) is 95.2 cm³/mol. The van der Waals surface area contributed by atoms with E-state index in [1.807, 2.05) is 0 Å². The van der Waals surface area contributed by atoms with Crippen molar-refractivity contribution in [2.75, 3.05) is 19.4 Å². The number of hydrogen-bond acceptors (Lipinski definition) is 4. The zero-order valence-corrected chi connectivity index (χ0v) is 14.9. The van der Waals surface area contributed by atoms with Crippen molar-refractivity contribution in [2.24, 2.45) is 0 Å². The minimum atomic E-state index is -3.64. The Balaban J connectivity index is 2.32. The number of rotatable bonds is 5. The van der Waals surface area contributed by atoms with Gasteiger partial charge in [0.15, 0.2) is 0 Å². The van der Waals surface area contributed by atoms with E-state index in [-0.39, 0.29) is 16.4 Å². The Bertz CT molecular complexity index is 923. The quantitative estimate of drug-likeness (QED) is 0.751. The topological polar surface area (TPSA) is 104 Å². The summed E-state index contributed by atoms with van der Waals surface area (Å²) in [4.78, 5) is 24.2.